The van der Waals surface area contributed by atoms with E-state index in [4.69, 9.17) is 9.47 Å². The smallest absolute Gasteiger partial charge is 0.259 e. The second kappa shape index (κ2) is 7.22. The fourth-order valence-corrected chi connectivity index (χ4v) is 2.65. The number of hydrogen-bond acceptors (Lipinski definition) is 5. The largest absolute Gasteiger partial charge is 0.496 e. The number of carbonyl (C=O) groups is 1. The third-order valence-electron chi connectivity index (χ3n) is 3.11. The van der Waals surface area contributed by atoms with Gasteiger partial charge in [-0.25, -0.2) is 8.42 Å². The summed E-state index contributed by atoms with van der Waals surface area (Å²) in [6, 6.07) is 11.4. The molecule has 0 aromatic heterocycles. The summed E-state index contributed by atoms with van der Waals surface area (Å²) < 4.78 is 35.3. The highest BCUT2D eigenvalue weighted by Crippen LogP contribution is 2.29. The Morgan fingerprint density at radius 2 is 1.67 bits per heavy atom. The van der Waals surface area contributed by atoms with Crippen LogP contribution >= 0.6 is 0 Å². The topological polar surface area (TPSA) is 93.7 Å². The third-order valence-corrected chi connectivity index (χ3v) is 3.70. The van der Waals surface area contributed by atoms with Gasteiger partial charge in [0.1, 0.15) is 11.5 Å². The SMILES string of the molecule is COc1cc(NC(=O)c2ccccc2OC)ccc1NS(C)(=O)=O. The van der Waals surface area contributed by atoms with E-state index in [2.05, 4.69) is 10.0 Å². The highest BCUT2D eigenvalue weighted by atomic mass is 32.2. The summed E-state index contributed by atoms with van der Waals surface area (Å²) in [4.78, 5) is 12.4. The van der Waals surface area contributed by atoms with Gasteiger partial charge in [-0.1, -0.05) is 12.1 Å². The molecule has 0 unspecified atom stereocenters. The van der Waals surface area contributed by atoms with Crippen molar-refractivity contribution in [2.45, 2.75) is 0 Å². The molecule has 1 amide bonds. The van der Waals surface area contributed by atoms with Crippen molar-refractivity contribution < 1.29 is 22.7 Å². The third kappa shape index (κ3) is 4.39. The summed E-state index contributed by atoms with van der Waals surface area (Å²) in [5, 5.41) is 2.72. The molecule has 2 aromatic carbocycles. The Balaban J connectivity index is 2.25. The predicted molar refractivity (Wildman–Crippen MR) is 92.4 cm³/mol. The van der Waals surface area contributed by atoms with Crippen molar-refractivity contribution in [2.75, 3.05) is 30.5 Å². The molecule has 0 heterocycles. The number of benzene rings is 2. The van der Waals surface area contributed by atoms with Gasteiger partial charge in [-0.3, -0.25) is 9.52 Å². The van der Waals surface area contributed by atoms with Gasteiger partial charge in [-0.2, -0.15) is 0 Å². The van der Waals surface area contributed by atoms with E-state index < -0.39 is 10.0 Å². The highest BCUT2D eigenvalue weighted by molar-refractivity contribution is 7.92. The molecule has 0 aliphatic heterocycles. The van der Waals surface area contributed by atoms with Crippen molar-refractivity contribution >= 4 is 27.3 Å². The van der Waals surface area contributed by atoms with Gasteiger partial charge in [0.05, 0.1) is 31.7 Å². The van der Waals surface area contributed by atoms with E-state index in [1.807, 2.05) is 0 Å². The van der Waals surface area contributed by atoms with Crippen LogP contribution in [-0.4, -0.2) is 34.8 Å². The normalized spacial score (nSPS) is 10.8. The van der Waals surface area contributed by atoms with Crippen LogP contribution in [-0.2, 0) is 10.0 Å². The first kappa shape index (κ1) is 17.6. The average Bonchev–Trinajstić information content (AvgIpc) is 2.54. The van der Waals surface area contributed by atoms with Gasteiger partial charge in [0, 0.05) is 11.8 Å². The van der Waals surface area contributed by atoms with Crippen molar-refractivity contribution in [3.63, 3.8) is 0 Å². The Labute approximate surface area is 140 Å². The summed E-state index contributed by atoms with van der Waals surface area (Å²) in [6.45, 7) is 0. The van der Waals surface area contributed by atoms with Gasteiger partial charge in [-0.15, -0.1) is 0 Å². The van der Waals surface area contributed by atoms with E-state index >= 15 is 0 Å². The predicted octanol–water partition coefficient (Wildman–Crippen LogP) is 2.33. The van der Waals surface area contributed by atoms with Crippen molar-refractivity contribution in [3.05, 3.63) is 48.0 Å². The molecule has 0 aliphatic rings. The summed E-state index contributed by atoms with van der Waals surface area (Å²) in [5.74, 6) is 0.397. The number of sulfonamides is 1. The lowest BCUT2D eigenvalue weighted by molar-refractivity contribution is 0.102. The molecule has 2 N–H and O–H groups in total. The molecule has 7 nitrogen and oxygen atoms in total. The first-order chi connectivity index (χ1) is 11.3. The Hall–Kier alpha value is -2.74. The molecule has 8 heteroatoms. The summed E-state index contributed by atoms with van der Waals surface area (Å²) in [7, 11) is -0.533. The molecular weight excluding hydrogens is 332 g/mol. The number of ether oxygens (including phenoxy) is 2. The van der Waals surface area contributed by atoms with E-state index in [0.717, 1.165) is 6.26 Å². The number of amides is 1. The number of anilines is 2. The minimum absolute atomic E-state index is 0.287. The maximum Gasteiger partial charge on any atom is 0.259 e. The molecule has 0 fully saturated rings. The zero-order chi connectivity index (χ0) is 17.7. The molecule has 2 rings (SSSR count). The molecular formula is C16H18N2O5S. The first-order valence-corrected chi connectivity index (χ1v) is 8.83. The molecule has 0 saturated heterocycles. The van der Waals surface area contributed by atoms with Crippen LogP contribution in [0.15, 0.2) is 42.5 Å². The number of methoxy groups -OCH3 is 2. The number of carbonyl (C=O) groups excluding carboxylic acids is 1. The van der Waals surface area contributed by atoms with Crippen LogP contribution in [0.5, 0.6) is 11.5 Å². The first-order valence-electron chi connectivity index (χ1n) is 6.94. The van der Waals surface area contributed by atoms with E-state index in [1.54, 1.807) is 30.3 Å². The minimum Gasteiger partial charge on any atom is -0.496 e. The second-order valence-electron chi connectivity index (χ2n) is 4.94. The van der Waals surface area contributed by atoms with Gasteiger partial charge in [0.25, 0.3) is 5.91 Å². The standard InChI is InChI=1S/C16H18N2O5S/c1-22-14-7-5-4-6-12(14)16(19)17-11-8-9-13(15(10-11)23-2)18-24(3,20)21/h4-10,18H,1-3H3,(H,17,19). The molecule has 0 atom stereocenters. The number of nitrogens with one attached hydrogen (secondary N) is 2. The van der Waals surface area contributed by atoms with E-state index in [0.29, 0.717) is 22.7 Å². The highest BCUT2D eigenvalue weighted by Gasteiger charge is 2.14. The van der Waals surface area contributed by atoms with Gasteiger partial charge >= 0.3 is 0 Å². The van der Waals surface area contributed by atoms with Gasteiger partial charge in [0.2, 0.25) is 10.0 Å². The lowest BCUT2D eigenvalue weighted by Crippen LogP contribution is -2.14. The molecule has 0 saturated carbocycles. The van der Waals surface area contributed by atoms with Crippen LogP contribution in [0, 0.1) is 0 Å². The maximum atomic E-state index is 12.4. The van der Waals surface area contributed by atoms with Crippen LogP contribution < -0.4 is 19.5 Å². The van der Waals surface area contributed by atoms with E-state index in [-0.39, 0.29) is 11.6 Å². The molecule has 0 radical (unpaired) electrons. The van der Waals surface area contributed by atoms with Crippen LogP contribution in [0.2, 0.25) is 0 Å². The summed E-state index contributed by atoms with van der Waals surface area (Å²) in [5.41, 5.74) is 1.13. The summed E-state index contributed by atoms with van der Waals surface area (Å²) >= 11 is 0. The van der Waals surface area contributed by atoms with Crippen molar-refractivity contribution in [1.29, 1.82) is 0 Å². The fraction of sp³-hybridized carbons (Fsp3) is 0.188. The number of hydrogen-bond donors (Lipinski definition) is 2. The zero-order valence-electron chi connectivity index (χ0n) is 13.5. The zero-order valence-corrected chi connectivity index (χ0v) is 14.3. The summed E-state index contributed by atoms with van der Waals surface area (Å²) in [6.07, 6.45) is 1.05. The van der Waals surface area contributed by atoms with Crippen LogP contribution in [0.1, 0.15) is 10.4 Å². The lowest BCUT2D eigenvalue weighted by atomic mass is 10.1. The van der Waals surface area contributed by atoms with Crippen LogP contribution in [0.4, 0.5) is 11.4 Å². The van der Waals surface area contributed by atoms with E-state index in [1.165, 1.54) is 26.4 Å². The molecule has 0 bridgehead atoms. The molecule has 0 spiro atoms. The monoisotopic (exact) mass is 350 g/mol. The lowest BCUT2D eigenvalue weighted by Gasteiger charge is -2.13. The van der Waals surface area contributed by atoms with Crippen molar-refractivity contribution in [1.82, 2.24) is 0 Å². The van der Waals surface area contributed by atoms with Gasteiger partial charge in [0.15, 0.2) is 0 Å². The fourth-order valence-electron chi connectivity index (χ4n) is 2.08. The average molecular weight is 350 g/mol. The Morgan fingerprint density at radius 3 is 2.29 bits per heavy atom. The quantitative estimate of drug-likeness (QED) is 0.834. The van der Waals surface area contributed by atoms with Crippen molar-refractivity contribution in [3.8, 4) is 11.5 Å². The van der Waals surface area contributed by atoms with Crippen LogP contribution in [0.25, 0.3) is 0 Å². The molecule has 2 aromatic rings. The minimum atomic E-state index is -3.43. The van der Waals surface area contributed by atoms with Gasteiger partial charge < -0.3 is 14.8 Å². The molecule has 128 valence electrons. The molecule has 24 heavy (non-hydrogen) atoms. The molecule has 0 aliphatic carbocycles. The van der Waals surface area contributed by atoms with E-state index in [9.17, 15) is 13.2 Å². The number of para-hydroxylation sites is 1. The number of rotatable bonds is 6. The maximum absolute atomic E-state index is 12.4. The van der Waals surface area contributed by atoms with Crippen LogP contribution in [0.3, 0.4) is 0 Å². The Kier molecular flexibility index (Phi) is 5.30. The van der Waals surface area contributed by atoms with Crippen molar-refractivity contribution in [2.24, 2.45) is 0 Å². The second-order valence-corrected chi connectivity index (χ2v) is 6.69. The van der Waals surface area contributed by atoms with Gasteiger partial charge in [-0.05, 0) is 24.3 Å². The Morgan fingerprint density at radius 1 is 1.00 bits per heavy atom. The Bertz CT molecular complexity index is 849.